The number of carbonyl (C=O) groups excluding carboxylic acids is 1. The highest BCUT2D eigenvalue weighted by atomic mass is 16.6. The highest BCUT2D eigenvalue weighted by Gasteiger charge is 2.06. The maximum absolute atomic E-state index is 11.7. The molecule has 21 heavy (non-hydrogen) atoms. The summed E-state index contributed by atoms with van der Waals surface area (Å²) >= 11 is 0. The normalized spacial score (nSPS) is 9.90. The van der Waals surface area contributed by atoms with Crippen LogP contribution in [0.3, 0.4) is 0 Å². The fourth-order valence-electron chi connectivity index (χ4n) is 1.66. The van der Waals surface area contributed by atoms with Crippen molar-refractivity contribution in [2.24, 2.45) is 0 Å². The van der Waals surface area contributed by atoms with Crippen LogP contribution in [-0.2, 0) is 6.54 Å². The Morgan fingerprint density at radius 1 is 1.10 bits per heavy atom. The predicted octanol–water partition coefficient (Wildman–Crippen LogP) is 2.50. The van der Waals surface area contributed by atoms with Gasteiger partial charge in [-0.15, -0.1) is 0 Å². The molecule has 0 aliphatic heterocycles. The number of nitro benzene ring substituents is 1. The van der Waals surface area contributed by atoms with Crippen molar-refractivity contribution in [1.29, 1.82) is 0 Å². The van der Waals surface area contributed by atoms with Gasteiger partial charge in [0.1, 0.15) is 0 Å². The van der Waals surface area contributed by atoms with Crippen molar-refractivity contribution in [1.82, 2.24) is 5.32 Å². The third kappa shape index (κ3) is 4.20. The van der Waals surface area contributed by atoms with Gasteiger partial charge in [0.25, 0.3) is 5.69 Å². The number of amides is 2. The molecule has 2 rings (SSSR count). The summed E-state index contributed by atoms with van der Waals surface area (Å²) in [5.41, 5.74) is 7.61. The lowest BCUT2D eigenvalue weighted by Crippen LogP contribution is -2.28. The van der Waals surface area contributed by atoms with Gasteiger partial charge in [0.2, 0.25) is 0 Å². The van der Waals surface area contributed by atoms with Crippen molar-refractivity contribution in [3.8, 4) is 0 Å². The Labute approximate surface area is 120 Å². The molecule has 7 nitrogen and oxygen atoms in total. The lowest BCUT2D eigenvalue weighted by atomic mass is 10.2. The van der Waals surface area contributed by atoms with Crippen LogP contribution < -0.4 is 16.4 Å². The number of nitrogens with one attached hydrogen (secondary N) is 2. The highest BCUT2D eigenvalue weighted by Crippen LogP contribution is 2.15. The van der Waals surface area contributed by atoms with Crippen LogP contribution in [0.5, 0.6) is 0 Å². The Morgan fingerprint density at radius 3 is 2.29 bits per heavy atom. The zero-order valence-electron chi connectivity index (χ0n) is 11.1. The molecule has 0 aliphatic carbocycles. The quantitative estimate of drug-likeness (QED) is 0.455. The molecule has 0 spiro atoms. The maximum atomic E-state index is 11.7. The van der Waals surface area contributed by atoms with Crippen LogP contribution in [-0.4, -0.2) is 11.0 Å². The molecule has 0 heterocycles. The summed E-state index contributed by atoms with van der Waals surface area (Å²) in [5.74, 6) is 0. The first-order valence-corrected chi connectivity index (χ1v) is 6.18. The van der Waals surface area contributed by atoms with E-state index in [0.29, 0.717) is 17.9 Å². The topological polar surface area (TPSA) is 110 Å². The second-order valence-corrected chi connectivity index (χ2v) is 4.35. The first-order valence-electron chi connectivity index (χ1n) is 6.18. The van der Waals surface area contributed by atoms with E-state index >= 15 is 0 Å². The van der Waals surface area contributed by atoms with Gasteiger partial charge >= 0.3 is 6.03 Å². The Morgan fingerprint density at radius 2 is 1.71 bits per heavy atom. The van der Waals surface area contributed by atoms with Gasteiger partial charge in [0, 0.05) is 30.1 Å². The number of nitrogen functional groups attached to an aromatic ring is 1. The molecule has 0 saturated heterocycles. The number of carbonyl (C=O) groups is 1. The van der Waals surface area contributed by atoms with Crippen molar-refractivity contribution in [2.75, 3.05) is 11.1 Å². The van der Waals surface area contributed by atoms with Crippen LogP contribution in [0.25, 0.3) is 0 Å². The zero-order valence-corrected chi connectivity index (χ0v) is 11.1. The molecule has 0 saturated carbocycles. The second-order valence-electron chi connectivity index (χ2n) is 4.35. The number of nitro groups is 1. The molecule has 0 radical (unpaired) electrons. The van der Waals surface area contributed by atoms with E-state index in [1.54, 1.807) is 12.1 Å². The van der Waals surface area contributed by atoms with Crippen LogP contribution in [0.2, 0.25) is 0 Å². The number of rotatable bonds is 4. The molecule has 0 aliphatic rings. The van der Waals surface area contributed by atoms with Gasteiger partial charge in [-0.3, -0.25) is 10.1 Å². The number of nitrogens with zero attached hydrogens (tertiary/aromatic N) is 1. The highest BCUT2D eigenvalue weighted by molar-refractivity contribution is 5.89. The van der Waals surface area contributed by atoms with E-state index in [1.165, 1.54) is 24.3 Å². The predicted molar refractivity (Wildman–Crippen MR) is 79.8 cm³/mol. The van der Waals surface area contributed by atoms with Gasteiger partial charge in [-0.1, -0.05) is 12.1 Å². The standard InChI is InChI=1S/C14H14N4O3/c15-11-3-1-10(2-4-11)9-16-14(19)17-12-5-7-13(8-6-12)18(20)21/h1-8H,9,15H2,(H2,16,17,19). The lowest BCUT2D eigenvalue weighted by molar-refractivity contribution is -0.384. The molecule has 2 aromatic carbocycles. The summed E-state index contributed by atoms with van der Waals surface area (Å²) in [6.07, 6.45) is 0. The molecule has 0 fully saturated rings. The van der Waals surface area contributed by atoms with Crippen LogP contribution in [0.1, 0.15) is 5.56 Å². The minimum atomic E-state index is -0.495. The fraction of sp³-hybridized carbons (Fsp3) is 0.0714. The Balaban J connectivity index is 1.86. The summed E-state index contributed by atoms with van der Waals surface area (Å²) in [6.45, 7) is 0.360. The summed E-state index contributed by atoms with van der Waals surface area (Å²) in [6, 6.07) is 12.4. The molecule has 0 bridgehead atoms. The van der Waals surface area contributed by atoms with Crippen molar-refractivity contribution >= 4 is 23.1 Å². The monoisotopic (exact) mass is 286 g/mol. The Bertz CT molecular complexity index is 638. The summed E-state index contributed by atoms with van der Waals surface area (Å²) in [4.78, 5) is 21.7. The second kappa shape index (κ2) is 6.38. The molecular formula is C14H14N4O3. The van der Waals surface area contributed by atoms with Gasteiger partial charge in [-0.05, 0) is 29.8 Å². The van der Waals surface area contributed by atoms with Crippen LogP contribution in [0.15, 0.2) is 48.5 Å². The molecule has 4 N–H and O–H groups in total. The lowest BCUT2D eigenvalue weighted by Gasteiger charge is -2.07. The number of hydrogen-bond acceptors (Lipinski definition) is 4. The van der Waals surface area contributed by atoms with Crippen LogP contribution >= 0.6 is 0 Å². The first-order chi connectivity index (χ1) is 10.0. The Kier molecular flexibility index (Phi) is 4.35. The smallest absolute Gasteiger partial charge is 0.319 e. The average Bonchev–Trinajstić information content (AvgIpc) is 2.47. The molecule has 0 atom stereocenters. The average molecular weight is 286 g/mol. The van der Waals surface area contributed by atoms with Crippen molar-refractivity contribution in [2.45, 2.75) is 6.54 Å². The fourth-order valence-corrected chi connectivity index (χ4v) is 1.66. The van der Waals surface area contributed by atoms with Gasteiger partial charge in [-0.2, -0.15) is 0 Å². The van der Waals surface area contributed by atoms with E-state index in [1.807, 2.05) is 12.1 Å². The summed E-state index contributed by atoms with van der Waals surface area (Å²) in [7, 11) is 0. The number of benzene rings is 2. The van der Waals surface area contributed by atoms with E-state index in [-0.39, 0.29) is 11.7 Å². The van der Waals surface area contributed by atoms with Crippen LogP contribution in [0, 0.1) is 10.1 Å². The van der Waals surface area contributed by atoms with Crippen molar-refractivity contribution < 1.29 is 9.72 Å². The van der Waals surface area contributed by atoms with Crippen molar-refractivity contribution in [3.05, 3.63) is 64.2 Å². The van der Waals surface area contributed by atoms with Gasteiger partial charge in [-0.25, -0.2) is 4.79 Å². The summed E-state index contributed by atoms with van der Waals surface area (Å²) in [5, 5.41) is 15.8. The molecular weight excluding hydrogens is 272 g/mol. The van der Waals surface area contributed by atoms with Crippen LogP contribution in [0.4, 0.5) is 21.9 Å². The number of urea groups is 1. The maximum Gasteiger partial charge on any atom is 0.319 e. The van der Waals surface area contributed by atoms with Gasteiger partial charge in [0.15, 0.2) is 0 Å². The molecule has 2 aromatic rings. The summed E-state index contributed by atoms with van der Waals surface area (Å²) < 4.78 is 0. The van der Waals surface area contributed by atoms with E-state index in [4.69, 9.17) is 5.73 Å². The van der Waals surface area contributed by atoms with E-state index in [9.17, 15) is 14.9 Å². The van der Waals surface area contributed by atoms with E-state index in [2.05, 4.69) is 10.6 Å². The van der Waals surface area contributed by atoms with Crippen molar-refractivity contribution in [3.63, 3.8) is 0 Å². The first kappa shape index (κ1) is 14.3. The third-order valence-electron chi connectivity index (χ3n) is 2.77. The van der Waals surface area contributed by atoms with Gasteiger partial charge in [0.05, 0.1) is 4.92 Å². The SMILES string of the molecule is Nc1ccc(CNC(=O)Nc2ccc([N+](=O)[O-])cc2)cc1. The molecule has 108 valence electrons. The largest absolute Gasteiger partial charge is 0.399 e. The van der Waals surface area contributed by atoms with E-state index < -0.39 is 4.92 Å². The molecule has 2 amide bonds. The molecule has 7 heteroatoms. The van der Waals surface area contributed by atoms with Gasteiger partial charge < -0.3 is 16.4 Å². The minimum Gasteiger partial charge on any atom is -0.399 e. The zero-order chi connectivity index (χ0) is 15.2. The minimum absolute atomic E-state index is 0.0252. The molecule has 0 aromatic heterocycles. The molecule has 0 unspecified atom stereocenters. The number of non-ortho nitro benzene ring substituents is 1. The van der Waals surface area contributed by atoms with E-state index in [0.717, 1.165) is 5.56 Å². The third-order valence-corrected chi connectivity index (χ3v) is 2.77. The number of anilines is 2. The number of nitrogens with two attached hydrogens (primary N) is 1. The number of hydrogen-bond donors (Lipinski definition) is 3. The Hall–Kier alpha value is -3.09.